The normalized spacial score (nSPS) is 12.0. The van der Waals surface area contributed by atoms with Gasteiger partial charge in [0.05, 0.1) is 6.20 Å². The van der Waals surface area contributed by atoms with E-state index in [1.807, 2.05) is 17.9 Å². The lowest BCUT2D eigenvalue weighted by atomic mass is 9.76. The summed E-state index contributed by atoms with van der Waals surface area (Å²) in [5.41, 5.74) is 1.75. The van der Waals surface area contributed by atoms with Gasteiger partial charge in [0.15, 0.2) is 0 Å². The van der Waals surface area contributed by atoms with Gasteiger partial charge in [0, 0.05) is 13.2 Å². The average molecular weight is 222 g/mol. The Balaban J connectivity index is 2.76. The van der Waals surface area contributed by atoms with E-state index in [2.05, 4.69) is 32.1 Å². The zero-order valence-electron chi connectivity index (χ0n) is 11.3. The number of unbranched alkanes of at least 4 members (excludes halogenated alkanes) is 2. The summed E-state index contributed by atoms with van der Waals surface area (Å²) in [6.07, 6.45) is 12.0. The molecule has 0 bridgehead atoms. The van der Waals surface area contributed by atoms with Gasteiger partial charge < -0.3 is 0 Å². The third-order valence-corrected chi connectivity index (χ3v) is 3.57. The minimum atomic E-state index is 0.334. The molecule has 16 heavy (non-hydrogen) atoms. The van der Waals surface area contributed by atoms with Crippen LogP contribution >= 0.6 is 0 Å². The van der Waals surface area contributed by atoms with Crippen LogP contribution in [0.4, 0.5) is 0 Å². The van der Waals surface area contributed by atoms with Gasteiger partial charge in [-0.1, -0.05) is 46.5 Å². The number of nitrogens with zero attached hydrogens (tertiary/aromatic N) is 2. The first kappa shape index (κ1) is 13.3. The molecule has 1 heterocycles. The minimum Gasteiger partial charge on any atom is -0.276 e. The summed E-state index contributed by atoms with van der Waals surface area (Å²) in [5, 5.41) is 4.32. The summed E-state index contributed by atoms with van der Waals surface area (Å²) in [6.45, 7) is 6.93. The monoisotopic (exact) mass is 222 g/mol. The van der Waals surface area contributed by atoms with Crippen molar-refractivity contribution >= 4 is 0 Å². The van der Waals surface area contributed by atoms with Crippen LogP contribution < -0.4 is 0 Å². The van der Waals surface area contributed by atoms with Gasteiger partial charge in [-0.15, -0.1) is 0 Å². The van der Waals surface area contributed by atoms with Crippen molar-refractivity contribution < 1.29 is 0 Å². The summed E-state index contributed by atoms with van der Waals surface area (Å²) in [6, 6.07) is 0. The zero-order valence-corrected chi connectivity index (χ0v) is 11.3. The van der Waals surface area contributed by atoms with E-state index in [0.717, 1.165) is 0 Å². The Bertz CT molecular complexity index is 293. The molecule has 0 aliphatic heterocycles. The van der Waals surface area contributed by atoms with Crippen molar-refractivity contribution in [3.63, 3.8) is 0 Å². The van der Waals surface area contributed by atoms with E-state index in [0.29, 0.717) is 5.41 Å². The molecule has 0 aliphatic rings. The highest BCUT2D eigenvalue weighted by atomic mass is 15.2. The van der Waals surface area contributed by atoms with Crippen molar-refractivity contribution in [1.82, 2.24) is 9.78 Å². The Kier molecular flexibility index (Phi) is 5.04. The van der Waals surface area contributed by atoms with Gasteiger partial charge in [-0.3, -0.25) is 4.68 Å². The Morgan fingerprint density at radius 3 is 2.12 bits per heavy atom. The third kappa shape index (κ3) is 3.36. The van der Waals surface area contributed by atoms with Crippen molar-refractivity contribution in [1.29, 1.82) is 0 Å². The maximum absolute atomic E-state index is 4.32. The summed E-state index contributed by atoms with van der Waals surface area (Å²) in [4.78, 5) is 0. The van der Waals surface area contributed by atoms with E-state index in [1.165, 1.54) is 44.1 Å². The van der Waals surface area contributed by atoms with E-state index in [9.17, 15) is 0 Å². The molecule has 0 radical (unpaired) electrons. The number of hydrogen-bond donors (Lipinski definition) is 0. The molecule has 0 spiro atoms. The topological polar surface area (TPSA) is 17.8 Å². The predicted molar refractivity (Wildman–Crippen MR) is 69.6 cm³/mol. The van der Waals surface area contributed by atoms with Gasteiger partial charge in [-0.2, -0.15) is 5.10 Å². The first-order chi connectivity index (χ1) is 7.62. The molecule has 1 aromatic heterocycles. The van der Waals surface area contributed by atoms with E-state index in [4.69, 9.17) is 0 Å². The Morgan fingerprint density at radius 1 is 1.19 bits per heavy atom. The minimum absolute atomic E-state index is 0.334. The third-order valence-electron chi connectivity index (χ3n) is 3.57. The SMILES string of the molecule is CCCCC(C)(CCCC)c1cnn(C)c1. The summed E-state index contributed by atoms with van der Waals surface area (Å²) in [5.74, 6) is 0. The second-order valence-electron chi connectivity index (χ2n) is 5.17. The van der Waals surface area contributed by atoms with Crippen LogP contribution in [0.15, 0.2) is 12.4 Å². The molecular weight excluding hydrogens is 196 g/mol. The molecule has 0 N–H and O–H groups in total. The molecule has 0 saturated heterocycles. The standard InChI is InChI=1S/C14H26N2/c1-5-7-9-14(3,10-8-6-2)13-11-15-16(4)12-13/h11-12H,5-10H2,1-4H3. The highest BCUT2D eigenvalue weighted by molar-refractivity contribution is 5.18. The largest absolute Gasteiger partial charge is 0.276 e. The predicted octanol–water partition coefficient (Wildman–Crippen LogP) is 4.06. The van der Waals surface area contributed by atoms with Crippen molar-refractivity contribution in [2.45, 2.75) is 64.7 Å². The smallest absolute Gasteiger partial charge is 0.0527 e. The number of rotatable bonds is 7. The first-order valence-electron chi connectivity index (χ1n) is 6.61. The highest BCUT2D eigenvalue weighted by Gasteiger charge is 2.26. The molecular formula is C14H26N2. The van der Waals surface area contributed by atoms with Crippen LogP contribution in [0.1, 0.15) is 64.9 Å². The molecule has 0 fully saturated rings. The lowest BCUT2D eigenvalue weighted by molar-refractivity contribution is 0.374. The molecule has 0 aromatic carbocycles. The summed E-state index contributed by atoms with van der Waals surface area (Å²) >= 11 is 0. The molecule has 0 saturated carbocycles. The Labute approximate surface area is 100 Å². The Hall–Kier alpha value is -0.790. The molecule has 92 valence electrons. The van der Waals surface area contributed by atoms with Gasteiger partial charge in [0.25, 0.3) is 0 Å². The summed E-state index contributed by atoms with van der Waals surface area (Å²) < 4.78 is 1.92. The molecule has 0 amide bonds. The van der Waals surface area contributed by atoms with Gasteiger partial charge in [-0.25, -0.2) is 0 Å². The summed E-state index contributed by atoms with van der Waals surface area (Å²) in [7, 11) is 2.00. The molecule has 1 rings (SSSR count). The fraction of sp³-hybridized carbons (Fsp3) is 0.786. The molecule has 2 nitrogen and oxygen atoms in total. The van der Waals surface area contributed by atoms with Gasteiger partial charge >= 0.3 is 0 Å². The van der Waals surface area contributed by atoms with Crippen molar-refractivity contribution in [2.24, 2.45) is 7.05 Å². The lowest BCUT2D eigenvalue weighted by Gasteiger charge is -2.28. The molecule has 0 atom stereocenters. The average Bonchev–Trinajstić information content (AvgIpc) is 2.71. The van der Waals surface area contributed by atoms with Crippen molar-refractivity contribution in [3.05, 3.63) is 18.0 Å². The van der Waals surface area contributed by atoms with E-state index in [1.54, 1.807) is 0 Å². The highest BCUT2D eigenvalue weighted by Crippen LogP contribution is 2.34. The molecule has 1 aromatic rings. The maximum Gasteiger partial charge on any atom is 0.0527 e. The van der Waals surface area contributed by atoms with E-state index >= 15 is 0 Å². The van der Waals surface area contributed by atoms with Crippen molar-refractivity contribution in [3.8, 4) is 0 Å². The van der Waals surface area contributed by atoms with Crippen LogP contribution in [-0.4, -0.2) is 9.78 Å². The second kappa shape index (κ2) is 6.07. The quantitative estimate of drug-likeness (QED) is 0.680. The van der Waals surface area contributed by atoms with Gasteiger partial charge in [0.2, 0.25) is 0 Å². The maximum atomic E-state index is 4.32. The van der Waals surface area contributed by atoms with Gasteiger partial charge in [0.1, 0.15) is 0 Å². The van der Waals surface area contributed by atoms with Crippen LogP contribution in [0.5, 0.6) is 0 Å². The fourth-order valence-electron chi connectivity index (χ4n) is 2.28. The van der Waals surface area contributed by atoms with Gasteiger partial charge in [-0.05, 0) is 23.8 Å². The fourth-order valence-corrected chi connectivity index (χ4v) is 2.28. The molecule has 0 unspecified atom stereocenters. The first-order valence-corrected chi connectivity index (χ1v) is 6.61. The molecule has 0 aliphatic carbocycles. The number of hydrogen-bond acceptors (Lipinski definition) is 1. The second-order valence-corrected chi connectivity index (χ2v) is 5.17. The van der Waals surface area contributed by atoms with Crippen LogP contribution in [0.25, 0.3) is 0 Å². The van der Waals surface area contributed by atoms with E-state index in [-0.39, 0.29) is 0 Å². The van der Waals surface area contributed by atoms with Crippen LogP contribution in [0, 0.1) is 0 Å². The van der Waals surface area contributed by atoms with E-state index < -0.39 is 0 Å². The lowest BCUT2D eigenvalue weighted by Crippen LogP contribution is -2.21. The van der Waals surface area contributed by atoms with Crippen molar-refractivity contribution in [2.75, 3.05) is 0 Å². The zero-order chi connectivity index (χ0) is 12.0. The molecule has 2 heteroatoms. The van der Waals surface area contributed by atoms with Crippen LogP contribution in [-0.2, 0) is 12.5 Å². The van der Waals surface area contributed by atoms with Crippen LogP contribution in [0.2, 0.25) is 0 Å². The Morgan fingerprint density at radius 2 is 1.75 bits per heavy atom. The van der Waals surface area contributed by atoms with Crippen LogP contribution in [0.3, 0.4) is 0 Å². The number of aryl methyl sites for hydroxylation is 1. The number of aromatic nitrogens is 2.